The molecule has 10 nitrogen and oxygen atoms in total. The van der Waals surface area contributed by atoms with Gasteiger partial charge >= 0.3 is 7.60 Å². The van der Waals surface area contributed by atoms with Crippen molar-refractivity contribution in [1.29, 1.82) is 0 Å². The first-order valence-corrected chi connectivity index (χ1v) is 14.1. The van der Waals surface area contributed by atoms with Crippen molar-refractivity contribution in [2.75, 3.05) is 60.0 Å². The maximum Gasteiger partial charge on any atom is 0.337 e. The van der Waals surface area contributed by atoms with Crippen LogP contribution in [0.4, 0.5) is 0 Å². The van der Waals surface area contributed by atoms with Crippen molar-refractivity contribution in [1.82, 2.24) is 0 Å². The van der Waals surface area contributed by atoms with Crippen LogP contribution in [0.1, 0.15) is 74.1 Å². The quantitative estimate of drug-likeness (QED) is 0.222. The summed E-state index contributed by atoms with van der Waals surface area (Å²) < 4.78 is 35.3. The molecule has 0 radical (unpaired) electrons. The molecule has 0 unspecified atom stereocenters. The zero-order chi connectivity index (χ0) is 28.1. The molecule has 0 aromatic rings. The van der Waals surface area contributed by atoms with E-state index < -0.39 is 7.60 Å². The fourth-order valence-electron chi connectivity index (χ4n) is 3.19. The molecule has 0 aliphatic carbocycles. The number of carbonyl (C=O) groups excluding carboxylic acids is 4. The number of hydrogen-bond acceptors (Lipinski definition) is 10. The van der Waals surface area contributed by atoms with Gasteiger partial charge in [0.25, 0.3) is 0 Å². The first kappa shape index (κ1) is 41.7. The largest absolute Gasteiger partial charge is 0.381 e. The lowest BCUT2D eigenvalue weighted by Gasteiger charge is -2.13. The molecule has 0 spiro atoms. The monoisotopic (exact) mass is 578 g/mol. The van der Waals surface area contributed by atoms with Crippen molar-refractivity contribution in [3.05, 3.63) is 23.3 Å². The molecule has 0 aromatic carbocycles. The molecule has 0 amide bonds. The highest BCUT2D eigenvalue weighted by atomic mass is 31.2. The fourth-order valence-corrected chi connectivity index (χ4v) is 4.14. The summed E-state index contributed by atoms with van der Waals surface area (Å²) in [4.78, 5) is 42.1. The average molecular weight is 579 g/mol. The second-order valence-corrected chi connectivity index (χ2v) is 10.8. The Morgan fingerprint density at radius 1 is 0.821 bits per heavy atom. The predicted molar refractivity (Wildman–Crippen MR) is 153 cm³/mol. The number of carbonyl (C=O) groups is 4. The normalized spacial score (nSPS) is 16.5. The molecule has 3 aliphatic heterocycles. The van der Waals surface area contributed by atoms with Gasteiger partial charge in [-0.1, -0.05) is 32.1 Å². The number of Topliss-reactive ketones (excluding diaryl/α,β-unsaturated/α-hetero) is 3. The van der Waals surface area contributed by atoms with Crippen LogP contribution in [-0.2, 0) is 47.0 Å². The molecule has 3 rings (SSSR count). The van der Waals surface area contributed by atoms with Crippen LogP contribution in [0.15, 0.2) is 23.3 Å². The second-order valence-electron chi connectivity index (χ2n) is 8.58. The number of rotatable bonds is 7. The van der Waals surface area contributed by atoms with Gasteiger partial charge in [0, 0.05) is 33.5 Å². The Balaban J connectivity index is -0.000000439. The van der Waals surface area contributed by atoms with Gasteiger partial charge in [-0.2, -0.15) is 0 Å². The molecule has 0 saturated carbocycles. The summed E-state index contributed by atoms with van der Waals surface area (Å²) in [6.07, 6.45) is 8.23. The lowest BCUT2D eigenvalue weighted by atomic mass is 10.1. The SMILES string of the molecule is C.C.CC(=O)C=C1CCOCC1.CC(=O)CC1=CCOCC1.COP(=O)(CC(C)=O)OC.O=C1CCOCC1. The van der Waals surface area contributed by atoms with Crippen LogP contribution in [-0.4, -0.2) is 83.2 Å². The summed E-state index contributed by atoms with van der Waals surface area (Å²) in [6, 6.07) is 0. The van der Waals surface area contributed by atoms with Crippen LogP contribution in [0.3, 0.4) is 0 Å². The maximum atomic E-state index is 11.1. The summed E-state index contributed by atoms with van der Waals surface area (Å²) in [7, 11) is -0.572. The number of hydrogen-bond donors (Lipinski definition) is 0. The van der Waals surface area contributed by atoms with Gasteiger partial charge in [0.1, 0.15) is 23.5 Å². The smallest absolute Gasteiger partial charge is 0.337 e. The Kier molecular flexibility index (Phi) is 26.9. The standard InChI is InChI=1S/2C8H12O2.C5H11O4P.C5H8O2.2CH4/c2*1-7(9)6-8-2-4-10-5-3-8;1-5(6)4-10(7,8-2)9-3;6-5-1-3-7-4-2-5;;/h6H,2-5H2,1H3;2H,3-6H2,1H3;4H2,1-3H3;1-4H2;2*1H4. The summed E-state index contributed by atoms with van der Waals surface area (Å²) >= 11 is 0. The third-order valence-electron chi connectivity index (χ3n) is 5.10. The topological polar surface area (TPSA) is 132 Å². The van der Waals surface area contributed by atoms with Crippen molar-refractivity contribution in [3.63, 3.8) is 0 Å². The van der Waals surface area contributed by atoms with Crippen molar-refractivity contribution in [3.8, 4) is 0 Å². The minimum Gasteiger partial charge on any atom is -0.381 e. The Morgan fingerprint density at radius 3 is 1.62 bits per heavy atom. The van der Waals surface area contributed by atoms with Crippen molar-refractivity contribution >= 4 is 30.7 Å². The summed E-state index contributed by atoms with van der Waals surface area (Å²) in [5.74, 6) is 0.531. The van der Waals surface area contributed by atoms with Gasteiger partial charge in [0.2, 0.25) is 0 Å². The molecule has 2 fully saturated rings. The molecule has 0 N–H and O–H groups in total. The lowest BCUT2D eigenvalue weighted by Crippen LogP contribution is -2.14. The summed E-state index contributed by atoms with van der Waals surface area (Å²) in [6.45, 7) is 8.83. The summed E-state index contributed by atoms with van der Waals surface area (Å²) in [5, 5.41) is 0. The van der Waals surface area contributed by atoms with E-state index >= 15 is 0 Å². The predicted octanol–water partition coefficient (Wildman–Crippen LogP) is 5.32. The van der Waals surface area contributed by atoms with E-state index in [1.54, 1.807) is 19.9 Å². The molecule has 11 heteroatoms. The van der Waals surface area contributed by atoms with E-state index in [2.05, 4.69) is 9.05 Å². The van der Waals surface area contributed by atoms with Crippen LogP contribution in [0, 0.1) is 0 Å². The fraction of sp³-hybridized carbons (Fsp3) is 0.714. The van der Waals surface area contributed by atoms with E-state index in [9.17, 15) is 23.7 Å². The lowest BCUT2D eigenvalue weighted by molar-refractivity contribution is -0.124. The van der Waals surface area contributed by atoms with E-state index in [0.29, 0.717) is 44.9 Å². The van der Waals surface area contributed by atoms with Crippen LogP contribution in [0.25, 0.3) is 0 Å². The Labute approximate surface area is 235 Å². The molecule has 0 atom stereocenters. The first-order chi connectivity index (χ1) is 17.5. The highest BCUT2D eigenvalue weighted by molar-refractivity contribution is 7.54. The van der Waals surface area contributed by atoms with Crippen LogP contribution >= 0.6 is 7.60 Å². The van der Waals surface area contributed by atoms with E-state index in [-0.39, 0.29) is 38.4 Å². The molecule has 3 aliphatic rings. The average Bonchev–Trinajstić information content (AvgIpc) is 2.86. The van der Waals surface area contributed by atoms with Crippen LogP contribution < -0.4 is 0 Å². The zero-order valence-electron chi connectivity index (χ0n) is 22.9. The van der Waals surface area contributed by atoms with E-state index in [1.165, 1.54) is 32.3 Å². The molecule has 228 valence electrons. The van der Waals surface area contributed by atoms with Gasteiger partial charge < -0.3 is 23.3 Å². The molecule has 39 heavy (non-hydrogen) atoms. The highest BCUT2D eigenvalue weighted by Crippen LogP contribution is 2.45. The van der Waals surface area contributed by atoms with E-state index in [0.717, 1.165) is 39.1 Å². The third kappa shape index (κ3) is 24.9. The highest BCUT2D eigenvalue weighted by Gasteiger charge is 2.22. The third-order valence-corrected chi connectivity index (χ3v) is 7.04. The summed E-state index contributed by atoms with van der Waals surface area (Å²) in [5.41, 5.74) is 2.47. The number of ether oxygens (including phenoxy) is 3. The molecule has 0 aromatic heterocycles. The first-order valence-electron chi connectivity index (χ1n) is 12.3. The van der Waals surface area contributed by atoms with Crippen LogP contribution in [0.2, 0.25) is 0 Å². The number of ketones is 4. The Bertz CT molecular complexity index is 808. The van der Waals surface area contributed by atoms with E-state index in [4.69, 9.17) is 14.2 Å². The number of allylic oxidation sites excluding steroid dienone is 1. The minimum absolute atomic E-state index is 0. The zero-order valence-corrected chi connectivity index (χ0v) is 23.8. The van der Waals surface area contributed by atoms with Gasteiger partial charge in [-0.05, 0) is 46.1 Å². The van der Waals surface area contributed by atoms with Crippen molar-refractivity contribution < 1.29 is 47.0 Å². The van der Waals surface area contributed by atoms with Gasteiger partial charge in [-0.15, -0.1) is 0 Å². The Hall–Kier alpha value is -1.81. The molecule has 2 saturated heterocycles. The minimum atomic E-state index is -3.09. The Morgan fingerprint density at radius 2 is 1.31 bits per heavy atom. The second kappa shape index (κ2) is 25.2. The molecule has 3 heterocycles. The molecular weight excluding hydrogens is 527 g/mol. The van der Waals surface area contributed by atoms with Gasteiger partial charge in [0.15, 0.2) is 5.78 Å². The van der Waals surface area contributed by atoms with Crippen molar-refractivity contribution in [2.45, 2.75) is 74.1 Å². The van der Waals surface area contributed by atoms with Gasteiger partial charge in [-0.3, -0.25) is 23.7 Å². The molecular formula is C28H51O10P. The van der Waals surface area contributed by atoms with Crippen molar-refractivity contribution in [2.24, 2.45) is 0 Å². The molecule has 0 bridgehead atoms. The van der Waals surface area contributed by atoms with Gasteiger partial charge in [0.05, 0.1) is 39.6 Å². The van der Waals surface area contributed by atoms with Gasteiger partial charge in [-0.25, -0.2) is 0 Å². The van der Waals surface area contributed by atoms with Crippen LogP contribution in [0.5, 0.6) is 0 Å². The maximum absolute atomic E-state index is 11.1. The van der Waals surface area contributed by atoms with E-state index in [1.807, 2.05) is 6.08 Å².